The molecule has 1 N–H and O–H groups in total. The molecule has 148 valence electrons. The highest BCUT2D eigenvalue weighted by atomic mass is 16.5. The third kappa shape index (κ3) is 3.89. The first kappa shape index (κ1) is 18.9. The molecule has 0 spiro atoms. The molecule has 4 rings (SSSR count). The molecule has 1 atom stereocenters. The van der Waals surface area contributed by atoms with Crippen molar-refractivity contribution >= 4 is 11.8 Å². The SMILES string of the molecule is Cc1ccccc1-c1noc([C@@H](C)NC(=O)CCN2Cc3ccccc3C2=O)n1. The van der Waals surface area contributed by atoms with Gasteiger partial charge in [-0.1, -0.05) is 47.6 Å². The van der Waals surface area contributed by atoms with Crippen molar-refractivity contribution in [3.63, 3.8) is 0 Å². The van der Waals surface area contributed by atoms with Crippen LogP contribution < -0.4 is 5.32 Å². The second kappa shape index (κ2) is 7.87. The Hall–Kier alpha value is -3.48. The van der Waals surface area contributed by atoms with Gasteiger partial charge in [0.2, 0.25) is 17.6 Å². The Bertz CT molecular complexity index is 1060. The summed E-state index contributed by atoms with van der Waals surface area (Å²) in [5, 5.41) is 6.89. The standard InChI is InChI=1S/C22H22N4O3/c1-14-7-3-5-9-17(14)20-24-21(29-25-20)15(2)23-19(27)11-12-26-13-16-8-4-6-10-18(16)22(26)28/h3-10,15H,11-13H2,1-2H3,(H,23,27)/t15-/m1/s1. The lowest BCUT2D eigenvalue weighted by Gasteiger charge is -2.16. The summed E-state index contributed by atoms with van der Waals surface area (Å²) in [6.07, 6.45) is 0.211. The van der Waals surface area contributed by atoms with E-state index in [0.29, 0.717) is 24.8 Å². The minimum atomic E-state index is -0.417. The van der Waals surface area contributed by atoms with E-state index < -0.39 is 6.04 Å². The number of carbonyl (C=O) groups excluding carboxylic acids is 2. The summed E-state index contributed by atoms with van der Waals surface area (Å²) in [6, 6.07) is 14.9. The van der Waals surface area contributed by atoms with Gasteiger partial charge in [-0.25, -0.2) is 0 Å². The molecule has 0 fully saturated rings. The zero-order valence-electron chi connectivity index (χ0n) is 16.4. The number of carbonyl (C=O) groups is 2. The molecule has 0 radical (unpaired) electrons. The molecule has 0 saturated heterocycles. The van der Waals surface area contributed by atoms with Crippen LogP contribution in [0.5, 0.6) is 0 Å². The summed E-state index contributed by atoms with van der Waals surface area (Å²) < 4.78 is 5.33. The van der Waals surface area contributed by atoms with Crippen LogP contribution in [0.4, 0.5) is 0 Å². The molecule has 7 nitrogen and oxygen atoms in total. The zero-order valence-corrected chi connectivity index (χ0v) is 16.4. The zero-order chi connectivity index (χ0) is 20.4. The van der Waals surface area contributed by atoms with E-state index in [1.54, 1.807) is 11.8 Å². The Morgan fingerprint density at radius 2 is 1.90 bits per heavy atom. The number of hydrogen-bond acceptors (Lipinski definition) is 5. The number of nitrogens with one attached hydrogen (secondary N) is 1. The maximum absolute atomic E-state index is 12.4. The maximum atomic E-state index is 12.4. The summed E-state index contributed by atoms with van der Waals surface area (Å²) in [5.41, 5.74) is 3.66. The number of aryl methyl sites for hydroxylation is 1. The molecule has 1 aromatic heterocycles. The van der Waals surface area contributed by atoms with Crippen LogP contribution in [0.15, 0.2) is 53.1 Å². The topological polar surface area (TPSA) is 88.3 Å². The van der Waals surface area contributed by atoms with E-state index in [2.05, 4.69) is 15.5 Å². The van der Waals surface area contributed by atoms with Crippen LogP contribution >= 0.6 is 0 Å². The molecule has 29 heavy (non-hydrogen) atoms. The second-order valence-corrected chi connectivity index (χ2v) is 7.19. The first-order valence-electron chi connectivity index (χ1n) is 9.59. The van der Waals surface area contributed by atoms with Crippen molar-refractivity contribution in [3.8, 4) is 11.4 Å². The number of aromatic nitrogens is 2. The number of fused-ring (bicyclic) bond motifs is 1. The molecule has 3 aromatic rings. The molecular weight excluding hydrogens is 368 g/mol. The Kier molecular flexibility index (Phi) is 5.12. The van der Waals surface area contributed by atoms with Gasteiger partial charge in [0, 0.05) is 30.6 Å². The quantitative estimate of drug-likeness (QED) is 0.698. The molecule has 7 heteroatoms. The van der Waals surface area contributed by atoms with E-state index in [1.807, 2.05) is 55.5 Å². The van der Waals surface area contributed by atoms with Crippen molar-refractivity contribution in [1.82, 2.24) is 20.4 Å². The first-order chi connectivity index (χ1) is 14.0. The highest BCUT2D eigenvalue weighted by Crippen LogP contribution is 2.23. The normalized spacial score (nSPS) is 14.0. The molecule has 2 amide bonds. The maximum Gasteiger partial charge on any atom is 0.254 e. The molecular formula is C22H22N4O3. The first-order valence-corrected chi connectivity index (χ1v) is 9.59. The van der Waals surface area contributed by atoms with Crippen molar-refractivity contribution in [1.29, 1.82) is 0 Å². The fourth-order valence-corrected chi connectivity index (χ4v) is 3.45. The lowest BCUT2D eigenvalue weighted by molar-refractivity contribution is -0.122. The molecule has 0 saturated carbocycles. The molecule has 0 aliphatic carbocycles. The molecule has 2 aromatic carbocycles. The molecule has 0 bridgehead atoms. The van der Waals surface area contributed by atoms with Crippen LogP contribution in [0.25, 0.3) is 11.4 Å². The van der Waals surface area contributed by atoms with Gasteiger partial charge in [0.25, 0.3) is 5.91 Å². The van der Waals surface area contributed by atoms with Gasteiger partial charge in [0.1, 0.15) is 6.04 Å². The van der Waals surface area contributed by atoms with Crippen molar-refractivity contribution in [3.05, 3.63) is 71.1 Å². The van der Waals surface area contributed by atoms with Crippen LogP contribution in [0, 0.1) is 6.92 Å². The Morgan fingerprint density at radius 3 is 2.66 bits per heavy atom. The summed E-state index contributed by atoms with van der Waals surface area (Å²) in [4.78, 5) is 30.8. The Morgan fingerprint density at radius 1 is 1.17 bits per heavy atom. The summed E-state index contributed by atoms with van der Waals surface area (Å²) in [5.74, 6) is 0.652. The molecule has 2 heterocycles. The smallest absolute Gasteiger partial charge is 0.254 e. The fraction of sp³-hybridized carbons (Fsp3) is 0.273. The van der Waals surface area contributed by atoms with Gasteiger partial charge in [0.05, 0.1) is 0 Å². The third-order valence-electron chi connectivity index (χ3n) is 5.08. The third-order valence-corrected chi connectivity index (χ3v) is 5.08. The average Bonchev–Trinajstić information content (AvgIpc) is 3.32. The van der Waals surface area contributed by atoms with Crippen LogP contribution in [-0.4, -0.2) is 33.4 Å². The predicted molar refractivity (Wildman–Crippen MR) is 107 cm³/mol. The van der Waals surface area contributed by atoms with Crippen LogP contribution in [0.1, 0.15) is 46.8 Å². The molecule has 1 aliphatic rings. The molecule has 0 unspecified atom stereocenters. The number of amides is 2. The van der Waals surface area contributed by atoms with Crippen LogP contribution in [-0.2, 0) is 11.3 Å². The minimum Gasteiger partial charge on any atom is -0.345 e. The van der Waals surface area contributed by atoms with Crippen LogP contribution in [0.2, 0.25) is 0 Å². The number of hydrogen-bond donors (Lipinski definition) is 1. The molecule has 1 aliphatic heterocycles. The Balaban J connectivity index is 1.33. The van der Waals surface area contributed by atoms with Gasteiger partial charge in [-0.3, -0.25) is 9.59 Å². The lowest BCUT2D eigenvalue weighted by Crippen LogP contribution is -2.32. The van der Waals surface area contributed by atoms with Crippen molar-refractivity contribution < 1.29 is 14.1 Å². The van der Waals surface area contributed by atoms with Gasteiger partial charge in [-0.05, 0) is 31.0 Å². The number of rotatable bonds is 6. The average molecular weight is 390 g/mol. The van der Waals surface area contributed by atoms with Gasteiger partial charge in [-0.15, -0.1) is 0 Å². The van der Waals surface area contributed by atoms with E-state index >= 15 is 0 Å². The van der Waals surface area contributed by atoms with E-state index in [-0.39, 0.29) is 18.2 Å². The highest BCUT2D eigenvalue weighted by molar-refractivity contribution is 5.98. The summed E-state index contributed by atoms with van der Waals surface area (Å²) >= 11 is 0. The predicted octanol–water partition coefficient (Wildman–Crippen LogP) is 3.27. The van der Waals surface area contributed by atoms with Crippen LogP contribution in [0.3, 0.4) is 0 Å². The second-order valence-electron chi connectivity index (χ2n) is 7.19. The van der Waals surface area contributed by atoms with Gasteiger partial charge in [-0.2, -0.15) is 4.98 Å². The lowest BCUT2D eigenvalue weighted by atomic mass is 10.1. The van der Waals surface area contributed by atoms with Gasteiger partial charge < -0.3 is 14.7 Å². The van der Waals surface area contributed by atoms with E-state index in [1.165, 1.54) is 0 Å². The van der Waals surface area contributed by atoms with Crippen molar-refractivity contribution in [2.75, 3.05) is 6.54 Å². The summed E-state index contributed by atoms with van der Waals surface area (Å²) in [6.45, 7) is 4.68. The highest BCUT2D eigenvalue weighted by Gasteiger charge is 2.27. The van der Waals surface area contributed by atoms with E-state index in [9.17, 15) is 9.59 Å². The largest absolute Gasteiger partial charge is 0.345 e. The Labute approximate surface area is 168 Å². The number of benzene rings is 2. The van der Waals surface area contributed by atoms with E-state index in [4.69, 9.17) is 4.52 Å². The fourth-order valence-electron chi connectivity index (χ4n) is 3.45. The summed E-state index contributed by atoms with van der Waals surface area (Å²) in [7, 11) is 0. The van der Waals surface area contributed by atoms with Crippen molar-refractivity contribution in [2.45, 2.75) is 32.9 Å². The van der Waals surface area contributed by atoms with Crippen molar-refractivity contribution in [2.24, 2.45) is 0 Å². The van der Waals surface area contributed by atoms with Gasteiger partial charge in [0.15, 0.2) is 0 Å². The van der Waals surface area contributed by atoms with E-state index in [0.717, 1.165) is 22.3 Å². The minimum absolute atomic E-state index is 0.0266. The van der Waals surface area contributed by atoms with Gasteiger partial charge >= 0.3 is 0 Å². The monoisotopic (exact) mass is 390 g/mol. The number of nitrogens with zero attached hydrogens (tertiary/aromatic N) is 3.